The number of thioether (sulfide) groups is 1. The Morgan fingerprint density at radius 2 is 1.76 bits per heavy atom. The number of rotatable bonds is 5. The highest BCUT2D eigenvalue weighted by Gasteiger charge is 2.50. The van der Waals surface area contributed by atoms with Crippen LogP contribution in [-0.4, -0.2) is 59.1 Å². The molecule has 2 amide bonds. The Hall–Kier alpha value is -2.80. The van der Waals surface area contributed by atoms with Crippen molar-refractivity contribution in [1.29, 1.82) is 0 Å². The number of carbonyl (C=O) groups excluding carboxylic acids is 3. The maximum absolute atomic E-state index is 13.3. The molecule has 2 saturated heterocycles. The van der Waals surface area contributed by atoms with E-state index in [1.807, 2.05) is 60.7 Å². The maximum Gasteiger partial charge on any atom is 0.328 e. The van der Waals surface area contributed by atoms with E-state index in [4.69, 9.17) is 4.74 Å². The fraction of sp³-hybridized carbons (Fsp3) is 0.318. The van der Waals surface area contributed by atoms with Crippen LogP contribution in [0.25, 0.3) is 0 Å². The normalized spacial score (nSPS) is 22.4. The van der Waals surface area contributed by atoms with Gasteiger partial charge in [-0.1, -0.05) is 60.7 Å². The molecule has 2 aliphatic rings. The molecule has 150 valence electrons. The van der Waals surface area contributed by atoms with Crippen LogP contribution in [0.5, 0.6) is 0 Å². The number of fused-ring (bicyclic) bond motifs is 1. The Balaban J connectivity index is 1.59. The van der Waals surface area contributed by atoms with Gasteiger partial charge in [-0.2, -0.15) is 0 Å². The molecule has 0 N–H and O–H groups in total. The number of amides is 2. The van der Waals surface area contributed by atoms with Crippen molar-refractivity contribution in [2.75, 3.05) is 19.4 Å². The van der Waals surface area contributed by atoms with Gasteiger partial charge in [0, 0.05) is 12.2 Å². The highest BCUT2D eigenvalue weighted by molar-refractivity contribution is 7.99. The van der Waals surface area contributed by atoms with Gasteiger partial charge in [-0.05, 0) is 11.1 Å². The average molecular weight is 410 g/mol. The fourth-order valence-electron chi connectivity index (χ4n) is 3.93. The lowest BCUT2D eigenvalue weighted by atomic mass is 10.0. The monoisotopic (exact) mass is 410 g/mol. The molecule has 4 rings (SSSR count). The molecule has 0 aliphatic carbocycles. The van der Waals surface area contributed by atoms with Crippen LogP contribution in [0.1, 0.15) is 16.5 Å². The van der Waals surface area contributed by atoms with E-state index < -0.39 is 18.1 Å². The molecule has 2 aromatic carbocycles. The number of benzene rings is 2. The van der Waals surface area contributed by atoms with Gasteiger partial charge in [-0.3, -0.25) is 9.59 Å². The summed E-state index contributed by atoms with van der Waals surface area (Å²) in [5.74, 6) is -0.328. The maximum atomic E-state index is 13.3. The number of hydrogen-bond donors (Lipinski definition) is 0. The third-order valence-electron chi connectivity index (χ3n) is 5.37. The molecule has 0 unspecified atom stereocenters. The molecular weight excluding hydrogens is 388 g/mol. The van der Waals surface area contributed by atoms with Crippen molar-refractivity contribution in [3.05, 3.63) is 71.8 Å². The molecule has 3 atom stereocenters. The lowest BCUT2D eigenvalue weighted by molar-refractivity contribution is -0.163. The van der Waals surface area contributed by atoms with E-state index in [9.17, 15) is 14.4 Å². The summed E-state index contributed by atoms with van der Waals surface area (Å²) in [5, 5.41) is -0.175. The molecule has 29 heavy (non-hydrogen) atoms. The van der Waals surface area contributed by atoms with Crippen molar-refractivity contribution < 1.29 is 19.1 Å². The number of esters is 1. The predicted octanol–water partition coefficient (Wildman–Crippen LogP) is 2.26. The van der Waals surface area contributed by atoms with Crippen molar-refractivity contribution in [3.63, 3.8) is 0 Å². The van der Waals surface area contributed by atoms with Crippen molar-refractivity contribution in [2.24, 2.45) is 0 Å². The number of carbonyl (C=O) groups is 3. The average Bonchev–Trinajstić information content (AvgIpc) is 3.22. The standard InChI is InChI=1S/C22H22N2O4S/c1-28-22(27)17(12-15-8-4-2-5-9-15)23-13-19(25)24-18(20(23)26)14-29-21(24)16-10-6-3-7-11-16/h2-11,17-18,21H,12-14H2,1H3/t17-,18-,21+/m0/s1. The predicted molar refractivity (Wildman–Crippen MR) is 110 cm³/mol. The van der Waals surface area contributed by atoms with Gasteiger partial charge in [0.2, 0.25) is 11.8 Å². The quantitative estimate of drug-likeness (QED) is 0.708. The summed E-state index contributed by atoms with van der Waals surface area (Å²) >= 11 is 1.58. The summed E-state index contributed by atoms with van der Waals surface area (Å²) in [4.78, 5) is 41.9. The molecule has 0 saturated carbocycles. The summed E-state index contributed by atoms with van der Waals surface area (Å²) in [7, 11) is 1.31. The zero-order valence-corrected chi connectivity index (χ0v) is 16.9. The summed E-state index contributed by atoms with van der Waals surface area (Å²) in [6, 6.07) is 17.8. The first-order valence-corrected chi connectivity index (χ1v) is 10.5. The van der Waals surface area contributed by atoms with Crippen LogP contribution in [0.2, 0.25) is 0 Å². The van der Waals surface area contributed by atoms with E-state index in [0.717, 1.165) is 11.1 Å². The lowest BCUT2D eigenvalue weighted by Gasteiger charge is -2.41. The molecule has 2 fully saturated rings. The molecule has 0 spiro atoms. The Morgan fingerprint density at radius 1 is 1.10 bits per heavy atom. The van der Waals surface area contributed by atoms with Crippen molar-refractivity contribution in [3.8, 4) is 0 Å². The summed E-state index contributed by atoms with van der Waals surface area (Å²) < 4.78 is 4.96. The highest BCUT2D eigenvalue weighted by Crippen LogP contribution is 2.43. The van der Waals surface area contributed by atoms with E-state index >= 15 is 0 Å². The topological polar surface area (TPSA) is 66.9 Å². The second kappa shape index (κ2) is 8.29. The minimum atomic E-state index is -0.818. The summed E-state index contributed by atoms with van der Waals surface area (Å²) in [6.45, 7) is -0.119. The van der Waals surface area contributed by atoms with Crippen LogP contribution >= 0.6 is 11.8 Å². The van der Waals surface area contributed by atoms with E-state index in [-0.39, 0.29) is 23.7 Å². The third kappa shape index (κ3) is 3.74. The number of methoxy groups -OCH3 is 1. The van der Waals surface area contributed by atoms with Crippen molar-refractivity contribution >= 4 is 29.5 Å². The minimum Gasteiger partial charge on any atom is -0.467 e. The van der Waals surface area contributed by atoms with Gasteiger partial charge in [0.1, 0.15) is 24.0 Å². The van der Waals surface area contributed by atoms with Crippen LogP contribution in [0, 0.1) is 0 Å². The van der Waals surface area contributed by atoms with E-state index in [0.29, 0.717) is 12.2 Å². The molecule has 2 heterocycles. The molecular formula is C22H22N2O4S. The zero-order valence-electron chi connectivity index (χ0n) is 16.1. The first kappa shape index (κ1) is 19.5. The molecule has 6 nitrogen and oxygen atoms in total. The molecule has 0 radical (unpaired) electrons. The first-order chi connectivity index (χ1) is 14.1. The van der Waals surface area contributed by atoms with Crippen LogP contribution < -0.4 is 0 Å². The summed E-state index contributed by atoms with van der Waals surface area (Å²) in [6.07, 6.45) is 0.314. The smallest absolute Gasteiger partial charge is 0.328 e. The largest absolute Gasteiger partial charge is 0.467 e. The Morgan fingerprint density at radius 3 is 2.41 bits per heavy atom. The van der Waals surface area contributed by atoms with Gasteiger partial charge in [0.15, 0.2) is 0 Å². The third-order valence-corrected chi connectivity index (χ3v) is 6.69. The Labute approximate surface area is 173 Å². The summed E-state index contributed by atoms with van der Waals surface area (Å²) in [5.41, 5.74) is 1.91. The Bertz CT molecular complexity index is 906. The number of hydrogen-bond acceptors (Lipinski definition) is 5. The molecule has 0 aromatic heterocycles. The van der Waals surface area contributed by atoms with Crippen LogP contribution in [0.4, 0.5) is 0 Å². The van der Waals surface area contributed by atoms with Crippen LogP contribution in [0.15, 0.2) is 60.7 Å². The van der Waals surface area contributed by atoms with Gasteiger partial charge in [-0.25, -0.2) is 4.79 Å². The minimum absolute atomic E-state index is 0.119. The van der Waals surface area contributed by atoms with Crippen molar-refractivity contribution in [1.82, 2.24) is 9.80 Å². The van der Waals surface area contributed by atoms with Crippen LogP contribution in [-0.2, 0) is 25.5 Å². The number of ether oxygens (including phenoxy) is 1. The van der Waals surface area contributed by atoms with E-state index in [1.54, 1.807) is 16.7 Å². The lowest BCUT2D eigenvalue weighted by Crippen LogP contribution is -2.62. The number of nitrogens with zero attached hydrogens (tertiary/aromatic N) is 2. The van der Waals surface area contributed by atoms with Crippen LogP contribution in [0.3, 0.4) is 0 Å². The SMILES string of the molecule is COC(=O)[C@H](Cc1ccccc1)N1CC(=O)N2[C@@H](c3ccccc3)SC[C@H]2C1=O. The molecule has 2 aliphatic heterocycles. The second-order valence-corrected chi connectivity index (χ2v) is 8.22. The molecule has 0 bridgehead atoms. The van der Waals surface area contributed by atoms with Gasteiger partial charge >= 0.3 is 5.97 Å². The van der Waals surface area contributed by atoms with E-state index in [1.165, 1.54) is 12.0 Å². The Kier molecular flexibility index (Phi) is 5.58. The van der Waals surface area contributed by atoms with Gasteiger partial charge in [0.05, 0.1) is 7.11 Å². The zero-order chi connectivity index (χ0) is 20.4. The number of piperazine rings is 1. The molecule has 7 heteroatoms. The second-order valence-electron chi connectivity index (χ2n) is 7.11. The van der Waals surface area contributed by atoms with Crippen molar-refractivity contribution in [2.45, 2.75) is 23.9 Å². The fourth-order valence-corrected chi connectivity index (χ4v) is 5.37. The highest BCUT2D eigenvalue weighted by atomic mass is 32.2. The first-order valence-electron chi connectivity index (χ1n) is 9.50. The van der Waals surface area contributed by atoms with E-state index in [2.05, 4.69) is 0 Å². The van der Waals surface area contributed by atoms with Gasteiger partial charge in [0.25, 0.3) is 0 Å². The van der Waals surface area contributed by atoms with Gasteiger partial charge < -0.3 is 14.5 Å². The van der Waals surface area contributed by atoms with Gasteiger partial charge in [-0.15, -0.1) is 11.8 Å². The molecule has 2 aromatic rings.